The summed E-state index contributed by atoms with van der Waals surface area (Å²) in [6, 6.07) is 19.2. The lowest BCUT2D eigenvalue weighted by atomic mass is 9.98. The van der Waals surface area contributed by atoms with Crippen LogP contribution < -0.4 is 5.32 Å². The van der Waals surface area contributed by atoms with Gasteiger partial charge in [0.1, 0.15) is 12.4 Å². The third kappa shape index (κ3) is 5.54. The molecule has 1 heterocycles. The molecule has 0 saturated heterocycles. The number of amides is 2. The van der Waals surface area contributed by atoms with Gasteiger partial charge in [-0.15, -0.1) is 0 Å². The Balaban J connectivity index is 1.23. The summed E-state index contributed by atoms with van der Waals surface area (Å²) >= 11 is 0. The monoisotopic (exact) mass is 476 g/mol. The molecule has 2 amide bonds. The van der Waals surface area contributed by atoms with Crippen molar-refractivity contribution in [1.29, 1.82) is 0 Å². The molecule has 8 nitrogen and oxygen atoms in total. The zero-order valence-electron chi connectivity index (χ0n) is 19.7. The number of benzene rings is 2. The highest BCUT2D eigenvalue weighted by atomic mass is 16.5. The van der Waals surface area contributed by atoms with Crippen molar-refractivity contribution >= 4 is 18.0 Å². The quantitative estimate of drug-likeness (QED) is 0.471. The number of carbonyl (C=O) groups is 3. The van der Waals surface area contributed by atoms with Crippen molar-refractivity contribution in [2.75, 3.05) is 20.2 Å². The van der Waals surface area contributed by atoms with E-state index in [-0.39, 0.29) is 43.1 Å². The third-order valence-corrected chi connectivity index (χ3v) is 6.15. The van der Waals surface area contributed by atoms with Gasteiger partial charge in [0.25, 0.3) is 0 Å². The summed E-state index contributed by atoms with van der Waals surface area (Å²) in [4.78, 5) is 37.2. The maximum Gasteiger partial charge on any atom is 0.407 e. The molecular formula is C27H28N2O6. The van der Waals surface area contributed by atoms with E-state index < -0.39 is 12.1 Å². The highest BCUT2D eigenvalue weighted by Crippen LogP contribution is 2.44. The number of fused-ring (bicyclic) bond motifs is 3. The number of carboxylic acid groups (broad SMARTS) is 1. The molecule has 1 aliphatic carbocycles. The van der Waals surface area contributed by atoms with Gasteiger partial charge in [0.2, 0.25) is 11.7 Å². The first-order chi connectivity index (χ1) is 16.8. The Bertz CT molecular complexity index is 1190. The van der Waals surface area contributed by atoms with Crippen LogP contribution in [0.25, 0.3) is 11.1 Å². The maximum absolute atomic E-state index is 12.5. The van der Waals surface area contributed by atoms with Gasteiger partial charge < -0.3 is 24.5 Å². The Labute approximate surface area is 203 Å². The molecule has 0 bridgehead atoms. The molecule has 1 unspecified atom stereocenters. The predicted molar refractivity (Wildman–Crippen MR) is 129 cm³/mol. The Morgan fingerprint density at radius 1 is 1.03 bits per heavy atom. The first-order valence-electron chi connectivity index (χ1n) is 11.5. The van der Waals surface area contributed by atoms with Crippen LogP contribution in [0.1, 0.15) is 46.7 Å². The molecule has 2 aromatic carbocycles. The number of carbonyl (C=O) groups excluding carboxylic acids is 2. The number of aromatic carboxylic acids is 1. The van der Waals surface area contributed by atoms with Crippen LogP contribution in [0.3, 0.4) is 0 Å². The van der Waals surface area contributed by atoms with Crippen LogP contribution in [0.2, 0.25) is 0 Å². The highest BCUT2D eigenvalue weighted by Gasteiger charge is 2.29. The summed E-state index contributed by atoms with van der Waals surface area (Å²) in [5.74, 6) is -1.19. The SMILES string of the molecule is CC(CNC(=O)OCC1c2ccccc2-c2ccccc21)CC(=O)N(C)Cc1ccc(C(=O)O)o1. The van der Waals surface area contributed by atoms with Crippen molar-refractivity contribution in [3.63, 3.8) is 0 Å². The van der Waals surface area contributed by atoms with Crippen LogP contribution in [-0.4, -0.2) is 48.2 Å². The van der Waals surface area contributed by atoms with Gasteiger partial charge >= 0.3 is 12.1 Å². The fourth-order valence-corrected chi connectivity index (χ4v) is 4.33. The number of nitrogens with zero attached hydrogens (tertiary/aromatic N) is 1. The van der Waals surface area contributed by atoms with Gasteiger partial charge in [-0.05, 0) is 40.3 Å². The number of furan rings is 1. The van der Waals surface area contributed by atoms with E-state index in [1.54, 1.807) is 7.05 Å². The second kappa shape index (κ2) is 10.5. The summed E-state index contributed by atoms with van der Waals surface area (Å²) in [6.45, 7) is 2.56. The first kappa shape index (κ1) is 24.1. The van der Waals surface area contributed by atoms with Crippen LogP contribution in [0.4, 0.5) is 4.79 Å². The molecule has 35 heavy (non-hydrogen) atoms. The van der Waals surface area contributed by atoms with Gasteiger partial charge in [-0.25, -0.2) is 9.59 Å². The van der Waals surface area contributed by atoms with Crippen molar-refractivity contribution < 1.29 is 28.6 Å². The number of nitrogens with one attached hydrogen (secondary N) is 1. The number of ether oxygens (including phenoxy) is 1. The first-order valence-corrected chi connectivity index (χ1v) is 11.5. The zero-order valence-corrected chi connectivity index (χ0v) is 19.7. The van der Waals surface area contributed by atoms with Crippen molar-refractivity contribution in [1.82, 2.24) is 10.2 Å². The van der Waals surface area contributed by atoms with Crippen LogP contribution in [0.5, 0.6) is 0 Å². The molecule has 2 N–H and O–H groups in total. The number of hydrogen-bond donors (Lipinski definition) is 2. The number of rotatable bonds is 9. The molecule has 8 heteroatoms. The maximum atomic E-state index is 12.5. The molecule has 1 aromatic heterocycles. The molecule has 0 spiro atoms. The van der Waals surface area contributed by atoms with Gasteiger partial charge in [-0.2, -0.15) is 0 Å². The topological polar surface area (TPSA) is 109 Å². The lowest BCUT2D eigenvalue weighted by Gasteiger charge is -2.19. The molecule has 0 saturated carbocycles. The summed E-state index contributed by atoms with van der Waals surface area (Å²) in [7, 11) is 1.62. The van der Waals surface area contributed by atoms with Crippen LogP contribution in [0.15, 0.2) is 65.1 Å². The summed E-state index contributed by atoms with van der Waals surface area (Å²) in [5, 5.41) is 11.7. The number of alkyl carbamates (subject to hydrolysis) is 1. The van der Waals surface area contributed by atoms with E-state index in [9.17, 15) is 14.4 Å². The lowest BCUT2D eigenvalue weighted by molar-refractivity contribution is -0.131. The summed E-state index contributed by atoms with van der Waals surface area (Å²) in [5.41, 5.74) is 4.63. The standard InChI is InChI=1S/C27H28N2O6/c1-17(13-25(30)29(2)15-18-11-12-24(35-18)26(31)32)14-28-27(33)34-16-23-21-9-5-3-7-19(21)20-8-4-6-10-22(20)23/h3-12,17,23H,13-16H2,1-2H3,(H,28,33)(H,31,32). The fourth-order valence-electron chi connectivity index (χ4n) is 4.33. The Morgan fingerprint density at radius 3 is 2.26 bits per heavy atom. The summed E-state index contributed by atoms with van der Waals surface area (Å²) in [6.07, 6.45) is -0.302. The van der Waals surface area contributed by atoms with Crippen molar-refractivity contribution in [3.05, 3.63) is 83.3 Å². The van der Waals surface area contributed by atoms with E-state index in [2.05, 4.69) is 29.6 Å². The van der Waals surface area contributed by atoms with E-state index in [0.717, 1.165) is 11.1 Å². The van der Waals surface area contributed by atoms with E-state index in [1.165, 1.54) is 28.2 Å². The van der Waals surface area contributed by atoms with Gasteiger partial charge in [-0.1, -0.05) is 55.5 Å². The molecule has 0 fully saturated rings. The second-order valence-corrected chi connectivity index (χ2v) is 8.84. The van der Waals surface area contributed by atoms with Gasteiger partial charge in [0.15, 0.2) is 0 Å². The van der Waals surface area contributed by atoms with E-state index in [0.29, 0.717) is 12.3 Å². The van der Waals surface area contributed by atoms with Crippen LogP contribution in [-0.2, 0) is 16.1 Å². The predicted octanol–water partition coefficient (Wildman–Crippen LogP) is 4.50. The number of carboxylic acids is 1. The smallest absolute Gasteiger partial charge is 0.407 e. The Morgan fingerprint density at radius 2 is 1.66 bits per heavy atom. The minimum absolute atomic E-state index is 0.0101. The largest absolute Gasteiger partial charge is 0.475 e. The van der Waals surface area contributed by atoms with Gasteiger partial charge in [0.05, 0.1) is 6.54 Å². The highest BCUT2D eigenvalue weighted by molar-refractivity contribution is 5.84. The van der Waals surface area contributed by atoms with Crippen LogP contribution >= 0.6 is 0 Å². The summed E-state index contributed by atoms with van der Waals surface area (Å²) < 4.78 is 10.7. The molecule has 0 radical (unpaired) electrons. The molecule has 4 rings (SSSR count). The van der Waals surface area contributed by atoms with Crippen molar-refractivity contribution in [3.8, 4) is 11.1 Å². The van der Waals surface area contributed by atoms with E-state index in [4.69, 9.17) is 14.3 Å². The Kier molecular flexibility index (Phi) is 7.19. The number of hydrogen-bond acceptors (Lipinski definition) is 5. The van der Waals surface area contributed by atoms with E-state index in [1.807, 2.05) is 31.2 Å². The minimum Gasteiger partial charge on any atom is -0.475 e. The van der Waals surface area contributed by atoms with Gasteiger partial charge in [-0.3, -0.25) is 4.79 Å². The zero-order chi connectivity index (χ0) is 24.9. The normalized spacial score (nSPS) is 13.0. The Hall–Kier alpha value is -4.07. The minimum atomic E-state index is -1.15. The average molecular weight is 477 g/mol. The van der Waals surface area contributed by atoms with Crippen molar-refractivity contribution in [2.45, 2.75) is 25.8 Å². The molecule has 1 aliphatic rings. The van der Waals surface area contributed by atoms with Gasteiger partial charge in [0, 0.05) is 25.9 Å². The molecule has 0 aliphatic heterocycles. The average Bonchev–Trinajstić information content (AvgIpc) is 3.44. The third-order valence-electron chi connectivity index (χ3n) is 6.15. The molecular weight excluding hydrogens is 448 g/mol. The van der Waals surface area contributed by atoms with E-state index >= 15 is 0 Å². The lowest BCUT2D eigenvalue weighted by Crippen LogP contribution is -2.33. The van der Waals surface area contributed by atoms with Crippen LogP contribution in [0, 0.1) is 5.92 Å². The molecule has 1 atom stereocenters. The molecule has 182 valence electrons. The molecule has 3 aromatic rings. The fraction of sp³-hybridized carbons (Fsp3) is 0.296. The second-order valence-electron chi connectivity index (χ2n) is 8.84. The van der Waals surface area contributed by atoms with Crippen molar-refractivity contribution in [2.24, 2.45) is 5.92 Å².